The summed E-state index contributed by atoms with van der Waals surface area (Å²) in [6.45, 7) is 6.33. The van der Waals surface area contributed by atoms with E-state index in [0.717, 1.165) is 83.6 Å². The fraction of sp³-hybridized carbons (Fsp3) is 0.0566. The van der Waals surface area contributed by atoms with Crippen molar-refractivity contribution in [1.29, 1.82) is 0 Å². The molecule has 0 aliphatic rings. The molecular formula is C53H38N4OPt. The molecule has 10 rings (SSSR count). The minimum atomic E-state index is 0. The molecule has 59 heavy (non-hydrogen) atoms. The van der Waals surface area contributed by atoms with Crippen LogP contribution in [0, 0.1) is 32.9 Å². The summed E-state index contributed by atoms with van der Waals surface area (Å²) in [4.78, 5) is 4.73. The van der Waals surface area contributed by atoms with Crippen LogP contribution in [0.25, 0.3) is 77.8 Å². The summed E-state index contributed by atoms with van der Waals surface area (Å²) >= 11 is 0. The zero-order valence-corrected chi connectivity index (χ0v) is 35.0. The third-order valence-electron chi connectivity index (χ3n) is 10.9. The Morgan fingerprint density at radius 1 is 0.525 bits per heavy atom. The van der Waals surface area contributed by atoms with Crippen molar-refractivity contribution in [3.8, 4) is 67.5 Å². The Balaban J connectivity index is 0.00000449. The van der Waals surface area contributed by atoms with Gasteiger partial charge in [0.15, 0.2) is 0 Å². The summed E-state index contributed by atoms with van der Waals surface area (Å²) in [6.07, 6.45) is 1.85. The predicted molar refractivity (Wildman–Crippen MR) is 236 cm³/mol. The number of hydrogen-bond donors (Lipinski definition) is 0. The van der Waals surface area contributed by atoms with E-state index >= 15 is 0 Å². The zero-order chi connectivity index (χ0) is 39.2. The van der Waals surface area contributed by atoms with Crippen molar-refractivity contribution in [3.63, 3.8) is 0 Å². The summed E-state index contributed by atoms with van der Waals surface area (Å²) in [7, 11) is 0. The number of rotatable bonds is 8. The molecule has 0 amide bonds. The fourth-order valence-electron chi connectivity index (χ4n) is 8.27. The minimum absolute atomic E-state index is 0. The molecule has 0 radical (unpaired) electrons. The quantitative estimate of drug-likeness (QED) is 0.143. The zero-order valence-electron chi connectivity index (χ0n) is 32.8. The van der Waals surface area contributed by atoms with Gasteiger partial charge in [0.2, 0.25) is 0 Å². The van der Waals surface area contributed by atoms with Gasteiger partial charge >= 0.3 is 21.1 Å². The molecule has 0 aliphatic heterocycles. The maximum absolute atomic E-state index is 6.55. The molecule has 0 unspecified atom stereocenters. The van der Waals surface area contributed by atoms with E-state index in [4.69, 9.17) is 14.8 Å². The van der Waals surface area contributed by atoms with Crippen LogP contribution in [0.4, 0.5) is 0 Å². The van der Waals surface area contributed by atoms with Gasteiger partial charge in [-0.2, -0.15) is 17.2 Å². The van der Waals surface area contributed by atoms with Crippen molar-refractivity contribution in [2.75, 3.05) is 0 Å². The van der Waals surface area contributed by atoms with Crippen molar-refractivity contribution >= 4 is 21.8 Å². The van der Waals surface area contributed by atoms with E-state index in [-0.39, 0.29) is 21.1 Å². The molecule has 0 bridgehead atoms. The summed E-state index contributed by atoms with van der Waals surface area (Å²) in [5.74, 6) is 2.00. The summed E-state index contributed by atoms with van der Waals surface area (Å²) in [5.41, 5.74) is 15.0. The molecule has 0 saturated carbocycles. The van der Waals surface area contributed by atoms with Gasteiger partial charge in [-0.1, -0.05) is 127 Å². The Bertz CT molecular complexity index is 3120. The number of benzene rings is 7. The van der Waals surface area contributed by atoms with E-state index in [1.807, 2.05) is 41.2 Å². The van der Waals surface area contributed by atoms with Crippen LogP contribution in [-0.2, 0) is 21.1 Å². The molecule has 6 heteroatoms. The van der Waals surface area contributed by atoms with Gasteiger partial charge in [0.25, 0.3) is 0 Å². The van der Waals surface area contributed by atoms with Gasteiger partial charge in [0, 0.05) is 40.0 Å². The molecule has 0 spiro atoms. The first-order chi connectivity index (χ1) is 28.5. The maximum atomic E-state index is 6.55. The van der Waals surface area contributed by atoms with Crippen molar-refractivity contribution in [2.45, 2.75) is 20.8 Å². The Morgan fingerprint density at radius 2 is 1.15 bits per heavy atom. The van der Waals surface area contributed by atoms with E-state index in [0.29, 0.717) is 11.5 Å². The van der Waals surface area contributed by atoms with Gasteiger partial charge in [-0.3, -0.25) is 4.68 Å². The normalized spacial score (nSPS) is 11.2. The second-order valence-electron chi connectivity index (χ2n) is 14.6. The van der Waals surface area contributed by atoms with Gasteiger partial charge < -0.3 is 9.30 Å². The Labute approximate surface area is 358 Å². The predicted octanol–water partition coefficient (Wildman–Crippen LogP) is 13.3. The van der Waals surface area contributed by atoms with Crippen LogP contribution < -0.4 is 4.74 Å². The number of fused-ring (bicyclic) bond motifs is 3. The van der Waals surface area contributed by atoms with Crippen LogP contribution in [0.5, 0.6) is 11.5 Å². The topological polar surface area (TPSA) is 44.9 Å². The van der Waals surface area contributed by atoms with Crippen molar-refractivity contribution in [1.82, 2.24) is 19.3 Å². The number of pyridine rings is 1. The number of nitrogens with zero attached hydrogens (tertiary/aromatic N) is 4. The first-order valence-corrected chi connectivity index (χ1v) is 19.5. The molecule has 0 saturated heterocycles. The average molecular weight is 942 g/mol. The SMILES string of the molecule is Cc1ccnc(-n2c3[c-]c(Oc4[c-]c(-n5nc(C)c(-c6c(-c7ccccc7)ccc(-c7ccccc7)c6-c6ccccc6)c5C)ccc4)ccc3c3ccccc32)c1.[Pt+2]. The number of ether oxygens (including phenoxy) is 1. The van der Waals surface area contributed by atoms with Crippen LogP contribution >= 0.6 is 0 Å². The maximum Gasteiger partial charge on any atom is 2.00 e. The summed E-state index contributed by atoms with van der Waals surface area (Å²) in [6, 6.07) is 66.1. The number of hydrogen-bond acceptors (Lipinski definition) is 3. The van der Waals surface area contributed by atoms with Crippen molar-refractivity contribution < 1.29 is 25.8 Å². The van der Waals surface area contributed by atoms with E-state index in [9.17, 15) is 0 Å². The van der Waals surface area contributed by atoms with Crippen LogP contribution in [0.15, 0.2) is 176 Å². The van der Waals surface area contributed by atoms with Crippen LogP contribution in [0.2, 0.25) is 0 Å². The Morgan fingerprint density at radius 3 is 1.85 bits per heavy atom. The standard InChI is InChI=1S/C53H38N4O.Pt/c1-35-30-31-54-50(32-35)56-48-25-14-13-24-46(48)47-27-26-43(34-49(47)56)58-42-23-15-22-41(33-42)57-37(3)51(36(2)55-57)53-45(39-18-9-5-10-19-39)29-28-44(38-16-7-4-8-17-38)52(53)40-20-11-6-12-21-40;/h4-32H,1-3H3;/q-2;+2. The molecule has 0 fully saturated rings. The minimum Gasteiger partial charge on any atom is -0.509 e. The van der Waals surface area contributed by atoms with Crippen LogP contribution in [-0.4, -0.2) is 19.3 Å². The Kier molecular flexibility index (Phi) is 10.1. The van der Waals surface area contributed by atoms with E-state index < -0.39 is 0 Å². The second kappa shape index (κ2) is 15.9. The van der Waals surface area contributed by atoms with Gasteiger partial charge in [-0.15, -0.1) is 35.7 Å². The molecule has 3 heterocycles. The van der Waals surface area contributed by atoms with Gasteiger partial charge in [0.1, 0.15) is 5.82 Å². The first-order valence-electron chi connectivity index (χ1n) is 19.5. The van der Waals surface area contributed by atoms with Gasteiger partial charge in [-0.25, -0.2) is 4.98 Å². The Hall–Kier alpha value is -6.81. The third kappa shape index (κ3) is 6.88. The third-order valence-corrected chi connectivity index (χ3v) is 10.9. The molecule has 3 aromatic heterocycles. The molecule has 7 aromatic carbocycles. The average Bonchev–Trinajstić information content (AvgIpc) is 3.76. The number of aryl methyl sites for hydroxylation is 2. The molecule has 0 atom stereocenters. The number of para-hydroxylation sites is 1. The molecule has 286 valence electrons. The molecule has 10 aromatic rings. The van der Waals surface area contributed by atoms with Crippen LogP contribution in [0.1, 0.15) is 17.0 Å². The smallest absolute Gasteiger partial charge is 0.509 e. The first kappa shape index (κ1) is 37.7. The molecular weight excluding hydrogens is 904 g/mol. The monoisotopic (exact) mass is 941 g/mol. The summed E-state index contributed by atoms with van der Waals surface area (Å²) < 4.78 is 10.7. The van der Waals surface area contributed by atoms with E-state index in [1.54, 1.807) is 0 Å². The van der Waals surface area contributed by atoms with E-state index in [2.05, 4.69) is 177 Å². The van der Waals surface area contributed by atoms with Gasteiger partial charge in [0.05, 0.1) is 5.69 Å². The van der Waals surface area contributed by atoms with Crippen molar-refractivity contribution in [2.24, 2.45) is 0 Å². The number of aromatic nitrogens is 4. The molecule has 0 aliphatic carbocycles. The largest absolute Gasteiger partial charge is 2.00 e. The summed E-state index contributed by atoms with van der Waals surface area (Å²) in [5, 5.41) is 7.43. The van der Waals surface area contributed by atoms with Crippen molar-refractivity contribution in [3.05, 3.63) is 205 Å². The van der Waals surface area contributed by atoms with Crippen LogP contribution in [0.3, 0.4) is 0 Å². The van der Waals surface area contributed by atoms with Gasteiger partial charge in [-0.05, 0) is 89.0 Å². The fourth-order valence-corrected chi connectivity index (χ4v) is 8.27. The van der Waals surface area contributed by atoms with E-state index in [1.165, 1.54) is 11.1 Å². The molecule has 5 nitrogen and oxygen atoms in total. The molecule has 0 N–H and O–H groups in total. The second-order valence-corrected chi connectivity index (χ2v) is 14.6.